The Balaban J connectivity index is 1.47. The summed E-state index contributed by atoms with van der Waals surface area (Å²) in [7, 11) is 1.84. The second-order valence-electron chi connectivity index (χ2n) is 10.7. The molecular formula is C25H32FN3O2. The van der Waals surface area contributed by atoms with Gasteiger partial charge in [0.2, 0.25) is 0 Å². The van der Waals surface area contributed by atoms with Crippen molar-refractivity contribution in [3.05, 3.63) is 35.8 Å². The first kappa shape index (κ1) is 20.7. The maximum Gasteiger partial charge on any atom is 0.262 e. The lowest BCUT2D eigenvalue weighted by atomic mass is 9.48. The minimum absolute atomic E-state index is 0.132. The van der Waals surface area contributed by atoms with E-state index < -0.39 is 11.7 Å². The van der Waals surface area contributed by atoms with E-state index in [0.717, 1.165) is 25.0 Å². The van der Waals surface area contributed by atoms with Gasteiger partial charge in [-0.05, 0) is 73.8 Å². The van der Waals surface area contributed by atoms with Crippen molar-refractivity contribution in [3.8, 4) is 0 Å². The zero-order valence-electron chi connectivity index (χ0n) is 18.7. The second kappa shape index (κ2) is 7.14. The summed E-state index contributed by atoms with van der Waals surface area (Å²) in [6.45, 7) is 4.74. The minimum atomic E-state index is -0.467. The zero-order chi connectivity index (χ0) is 22.0. The van der Waals surface area contributed by atoms with Crippen LogP contribution in [0.1, 0.15) is 58.8 Å². The number of hydrogen-bond acceptors (Lipinski definition) is 3. The molecule has 3 fully saturated rings. The van der Waals surface area contributed by atoms with Crippen molar-refractivity contribution >= 4 is 17.6 Å². The smallest absolute Gasteiger partial charge is 0.262 e. The molecule has 2 amide bonds. The van der Waals surface area contributed by atoms with Crippen LogP contribution >= 0.6 is 0 Å². The number of aromatic nitrogens is 1. The third-order valence-corrected chi connectivity index (χ3v) is 9.20. The largest absolute Gasteiger partial charge is 0.338 e. The summed E-state index contributed by atoms with van der Waals surface area (Å²) in [6, 6.07) is 2.79. The lowest BCUT2D eigenvalue weighted by Crippen LogP contribution is -2.60. The van der Waals surface area contributed by atoms with Crippen LogP contribution in [0.4, 0.5) is 10.2 Å². The summed E-state index contributed by atoms with van der Waals surface area (Å²) in [4.78, 5) is 31.9. The van der Waals surface area contributed by atoms with Gasteiger partial charge in [-0.15, -0.1) is 0 Å². The predicted molar refractivity (Wildman–Crippen MR) is 116 cm³/mol. The van der Waals surface area contributed by atoms with Crippen molar-refractivity contribution in [1.29, 1.82) is 0 Å². The third-order valence-electron chi connectivity index (χ3n) is 9.20. The van der Waals surface area contributed by atoms with E-state index in [0.29, 0.717) is 17.3 Å². The lowest BCUT2D eigenvalue weighted by molar-refractivity contribution is -0.141. The van der Waals surface area contributed by atoms with Crippen molar-refractivity contribution in [2.75, 3.05) is 12.4 Å². The number of nitrogens with zero attached hydrogens (tertiary/aromatic N) is 2. The summed E-state index contributed by atoms with van der Waals surface area (Å²) in [5, 5.41) is 2.69. The van der Waals surface area contributed by atoms with Crippen LogP contribution in [-0.4, -0.2) is 34.8 Å². The summed E-state index contributed by atoms with van der Waals surface area (Å²) in [5.74, 6) is 1.01. The molecule has 6 heteroatoms. The Labute approximate surface area is 183 Å². The fourth-order valence-electron chi connectivity index (χ4n) is 7.68. The van der Waals surface area contributed by atoms with Crippen molar-refractivity contribution in [1.82, 2.24) is 9.88 Å². The van der Waals surface area contributed by atoms with Crippen LogP contribution in [-0.2, 0) is 9.59 Å². The van der Waals surface area contributed by atoms with Crippen molar-refractivity contribution in [2.45, 2.75) is 64.8 Å². The molecular weight excluding hydrogens is 393 g/mol. The van der Waals surface area contributed by atoms with E-state index in [2.05, 4.69) is 24.1 Å². The van der Waals surface area contributed by atoms with Gasteiger partial charge in [-0.3, -0.25) is 9.59 Å². The van der Waals surface area contributed by atoms with Gasteiger partial charge in [0, 0.05) is 18.5 Å². The highest BCUT2D eigenvalue weighted by Crippen LogP contribution is 2.64. The van der Waals surface area contributed by atoms with Crippen molar-refractivity contribution < 1.29 is 14.0 Å². The molecule has 31 heavy (non-hydrogen) atoms. The van der Waals surface area contributed by atoms with E-state index in [9.17, 15) is 14.0 Å². The zero-order valence-corrected chi connectivity index (χ0v) is 18.7. The van der Waals surface area contributed by atoms with E-state index in [1.807, 2.05) is 13.1 Å². The standard InChI is InChI=1S/C25H32FN3O2/c1-24-11-4-5-18(24)16-7-8-20-25(2,19(16)10-12-24)13-17(23(31)29(20)3)22(30)28-21-9-6-15(26)14-27-21/h6,9,13-14,16,18-20H,4-5,7-8,10-12H2,1-3H3,(H,27,28,30)/t16-,18-,19+,20?,24-,25+/m0/s1. The average Bonchev–Trinajstić information content (AvgIpc) is 3.14. The molecule has 166 valence electrons. The molecule has 1 unspecified atom stereocenters. The molecule has 1 aromatic rings. The van der Waals surface area contributed by atoms with Crippen LogP contribution in [0.15, 0.2) is 30.0 Å². The molecule has 2 heterocycles. The van der Waals surface area contributed by atoms with Crippen LogP contribution in [0, 0.1) is 34.4 Å². The first-order valence-electron chi connectivity index (χ1n) is 11.7. The summed E-state index contributed by atoms with van der Waals surface area (Å²) < 4.78 is 13.2. The number of halogens is 1. The predicted octanol–water partition coefficient (Wildman–Crippen LogP) is 4.56. The van der Waals surface area contributed by atoms with Gasteiger partial charge in [0.15, 0.2) is 0 Å². The van der Waals surface area contributed by atoms with E-state index in [4.69, 9.17) is 0 Å². The molecule has 3 saturated carbocycles. The van der Waals surface area contributed by atoms with Crippen LogP contribution in [0.5, 0.6) is 0 Å². The van der Waals surface area contributed by atoms with E-state index >= 15 is 0 Å². The van der Waals surface area contributed by atoms with Gasteiger partial charge < -0.3 is 10.2 Å². The Bertz CT molecular complexity index is 945. The topological polar surface area (TPSA) is 62.3 Å². The Morgan fingerprint density at radius 3 is 2.71 bits per heavy atom. The van der Waals surface area contributed by atoms with Gasteiger partial charge in [0.05, 0.1) is 6.20 Å². The van der Waals surface area contributed by atoms with Gasteiger partial charge in [-0.25, -0.2) is 9.37 Å². The highest BCUT2D eigenvalue weighted by molar-refractivity contribution is 6.23. The number of likely N-dealkylation sites (N-methyl/N-ethyl adjacent to an activating group) is 1. The molecule has 0 radical (unpaired) electrons. The van der Waals surface area contributed by atoms with Gasteiger partial charge in [-0.2, -0.15) is 0 Å². The van der Waals surface area contributed by atoms with Gasteiger partial charge in [-0.1, -0.05) is 26.3 Å². The van der Waals surface area contributed by atoms with Gasteiger partial charge in [0.25, 0.3) is 11.8 Å². The number of carbonyl (C=O) groups is 2. The fraction of sp³-hybridized carbons (Fsp3) is 0.640. The number of amides is 2. The molecule has 0 bridgehead atoms. The second-order valence-corrected chi connectivity index (χ2v) is 10.7. The van der Waals surface area contributed by atoms with Crippen LogP contribution in [0.25, 0.3) is 0 Å². The number of hydrogen-bond donors (Lipinski definition) is 1. The number of anilines is 1. The molecule has 0 aromatic carbocycles. The van der Waals surface area contributed by atoms with Crippen LogP contribution in [0.2, 0.25) is 0 Å². The van der Waals surface area contributed by atoms with E-state index in [1.54, 1.807) is 4.90 Å². The fourth-order valence-corrected chi connectivity index (χ4v) is 7.68. The maximum atomic E-state index is 13.2. The van der Waals surface area contributed by atoms with E-state index in [-0.39, 0.29) is 28.8 Å². The van der Waals surface area contributed by atoms with E-state index in [1.165, 1.54) is 44.2 Å². The molecule has 1 aromatic heterocycles. The highest BCUT2D eigenvalue weighted by Gasteiger charge is 2.59. The first-order chi connectivity index (χ1) is 14.7. The quantitative estimate of drug-likeness (QED) is 0.707. The molecule has 0 spiro atoms. The Hall–Kier alpha value is -2.24. The summed E-state index contributed by atoms with van der Waals surface area (Å²) in [6.07, 6.45) is 11.6. The third kappa shape index (κ3) is 3.13. The average molecular weight is 426 g/mol. The van der Waals surface area contributed by atoms with Crippen LogP contribution in [0.3, 0.4) is 0 Å². The first-order valence-corrected chi connectivity index (χ1v) is 11.7. The van der Waals surface area contributed by atoms with Crippen LogP contribution < -0.4 is 5.32 Å². The Morgan fingerprint density at radius 2 is 1.97 bits per heavy atom. The molecule has 5 nitrogen and oxygen atoms in total. The molecule has 1 aliphatic heterocycles. The lowest BCUT2D eigenvalue weighted by Gasteiger charge is -2.60. The van der Waals surface area contributed by atoms with Crippen molar-refractivity contribution in [2.24, 2.45) is 28.6 Å². The summed E-state index contributed by atoms with van der Waals surface area (Å²) >= 11 is 0. The molecule has 5 rings (SSSR count). The number of pyridine rings is 1. The minimum Gasteiger partial charge on any atom is -0.338 e. The van der Waals surface area contributed by atoms with Gasteiger partial charge >= 0.3 is 0 Å². The molecule has 0 saturated heterocycles. The monoisotopic (exact) mass is 425 g/mol. The van der Waals surface area contributed by atoms with Gasteiger partial charge in [0.1, 0.15) is 17.2 Å². The molecule has 1 N–H and O–H groups in total. The number of nitrogens with one attached hydrogen (secondary N) is 1. The summed E-state index contributed by atoms with van der Waals surface area (Å²) in [5.41, 5.74) is 0.449. The normalized spacial score (nSPS) is 39.3. The molecule has 3 aliphatic carbocycles. The number of fused-ring (bicyclic) bond motifs is 5. The number of rotatable bonds is 2. The SMILES string of the molecule is CN1C(=O)C(C(=O)Nc2ccc(F)cn2)=C[C@@]2(C)C1CC[C@@H]1[C@H]2CC[C@]2(C)CCC[C@@H]12. The Kier molecular flexibility index (Phi) is 4.76. The molecule has 4 aliphatic rings. The highest BCUT2D eigenvalue weighted by atomic mass is 19.1. The maximum absolute atomic E-state index is 13.2. The van der Waals surface area contributed by atoms with Crippen molar-refractivity contribution in [3.63, 3.8) is 0 Å². The molecule has 6 atom stereocenters. The Morgan fingerprint density at radius 1 is 1.16 bits per heavy atom. The number of carbonyl (C=O) groups excluding carboxylic acids is 2.